The van der Waals surface area contributed by atoms with Gasteiger partial charge in [-0.1, -0.05) is 105 Å². The Balaban J connectivity index is -0.000000971. The molecule has 0 spiro atoms. The van der Waals surface area contributed by atoms with Gasteiger partial charge in [0.25, 0.3) is 0 Å². The molecule has 0 saturated carbocycles. The van der Waals surface area contributed by atoms with E-state index < -0.39 is 5.85 Å². The van der Waals surface area contributed by atoms with Gasteiger partial charge in [0.1, 0.15) is 5.75 Å². The molecule has 5 nitrogen and oxygen atoms in total. The lowest BCUT2D eigenvalue weighted by Gasteiger charge is -2.21. The smallest absolute Gasteiger partial charge is 0.408 e. The van der Waals surface area contributed by atoms with Crippen molar-refractivity contribution in [3.05, 3.63) is 95.8 Å². The van der Waals surface area contributed by atoms with Crippen LogP contribution in [0.5, 0.6) is 5.75 Å². The maximum Gasteiger partial charge on any atom is 0.408 e. The summed E-state index contributed by atoms with van der Waals surface area (Å²) in [4.78, 5) is 14.5. The molecule has 0 radical (unpaired) electrons. The van der Waals surface area contributed by atoms with Crippen LogP contribution in [0.2, 0.25) is 0 Å². The molecule has 0 amide bonds. The summed E-state index contributed by atoms with van der Waals surface area (Å²) in [5.41, 5.74) is 5.59. The van der Waals surface area contributed by atoms with Crippen LogP contribution in [0.15, 0.2) is 101 Å². The average Bonchev–Trinajstić information content (AvgIpc) is 3.06. The molecule has 0 bridgehead atoms. The number of hydrogen-bond donors (Lipinski definition) is 2. The maximum atomic E-state index is 13.0. The first-order chi connectivity index (χ1) is 22.8. The highest BCUT2D eigenvalue weighted by atomic mass is 31.0. The van der Waals surface area contributed by atoms with E-state index in [4.69, 9.17) is 5.11 Å². The van der Waals surface area contributed by atoms with Gasteiger partial charge in [-0.15, -0.1) is 0 Å². The van der Waals surface area contributed by atoms with Crippen LogP contribution in [-0.4, -0.2) is 36.6 Å². The number of aliphatic hydroxyl groups excluding tert-OH is 1. The minimum Gasteiger partial charge on any atom is -0.430 e. The molecule has 48 heavy (non-hydrogen) atoms. The van der Waals surface area contributed by atoms with Gasteiger partial charge >= 0.3 is 5.85 Å². The topological polar surface area (TPSA) is 70.9 Å². The number of allylic oxidation sites excluding steroid dienone is 8. The zero-order chi connectivity index (χ0) is 37.4. The summed E-state index contributed by atoms with van der Waals surface area (Å²) in [6.07, 6.45) is 20.7. The molecule has 1 aromatic rings. The Kier molecular flexibility index (Phi) is 33.2. The van der Waals surface area contributed by atoms with E-state index in [0.717, 1.165) is 54.5 Å². The molecule has 8 heteroatoms. The van der Waals surface area contributed by atoms with Crippen molar-refractivity contribution >= 4 is 26.9 Å². The van der Waals surface area contributed by atoms with Gasteiger partial charge in [0, 0.05) is 43.2 Å². The molecule has 1 aromatic carbocycles. The molecule has 0 heterocycles. The second-order valence-electron chi connectivity index (χ2n) is 10.6. The summed E-state index contributed by atoms with van der Waals surface area (Å²) in [6.45, 7) is 24.6. The minimum absolute atomic E-state index is 0.0806. The zero-order valence-corrected chi connectivity index (χ0v) is 32.5. The van der Waals surface area contributed by atoms with E-state index in [1.165, 1.54) is 52.3 Å². The number of carbonyl (C=O) groups is 1. The predicted octanol–water partition coefficient (Wildman–Crippen LogP) is 12.2. The number of aliphatic imine (C=N–C) groups is 1. The average molecular weight is 691 g/mol. The van der Waals surface area contributed by atoms with E-state index in [0.29, 0.717) is 18.7 Å². The van der Waals surface area contributed by atoms with Crippen molar-refractivity contribution < 1.29 is 23.4 Å². The first kappa shape index (κ1) is 49.2. The van der Waals surface area contributed by atoms with Gasteiger partial charge in [0.2, 0.25) is 0 Å². The molecule has 1 atom stereocenters. The summed E-state index contributed by atoms with van der Waals surface area (Å²) >= 11 is 0. The number of benzene rings is 1. The number of halogens is 2. The molecular formula is C40H65F2N2O3P. The van der Waals surface area contributed by atoms with Crippen molar-refractivity contribution in [3.63, 3.8) is 0 Å². The van der Waals surface area contributed by atoms with E-state index >= 15 is 0 Å². The van der Waals surface area contributed by atoms with E-state index in [-0.39, 0.29) is 11.5 Å². The number of rotatable bonds is 18. The summed E-state index contributed by atoms with van der Waals surface area (Å²) in [5, 5.41) is 11.5. The van der Waals surface area contributed by atoms with Crippen molar-refractivity contribution in [1.29, 1.82) is 0 Å². The van der Waals surface area contributed by atoms with Crippen molar-refractivity contribution in [2.75, 3.05) is 19.0 Å². The van der Waals surface area contributed by atoms with E-state index in [1.807, 2.05) is 39.1 Å². The summed E-state index contributed by atoms with van der Waals surface area (Å²) < 4.78 is 30.6. The standard InChI is InChI=1S/C25H33F2N2OP.C6H10O.C5H12O.C4H10/c1-7-11-19(9-3)24(23(12-8-2)20(10-4)17-28-6)18(5)29-21-13-15-22(16-14-21)30-25(26,27)31;1-3-5-6(7)4-2;1-2-3-4-5-6;1-3-4-2/h8,10-17,29H,5,7,9,31H2,1-4,6H3;4H,2-3,5H2,1H3;6H,2-5H2,1H3;3-4H2,1-2H3/b12-8-,19-11+,20-10+,24-23-,28-17?;;;. The Labute approximate surface area is 294 Å². The molecule has 2 N–H and O–H groups in total. The molecule has 0 aliphatic heterocycles. The van der Waals surface area contributed by atoms with Crippen LogP contribution in [0.25, 0.3) is 0 Å². The first-order valence-electron chi connectivity index (χ1n) is 17.2. The molecule has 0 aliphatic rings. The monoisotopic (exact) mass is 690 g/mol. The van der Waals surface area contributed by atoms with Gasteiger partial charge in [-0.2, -0.15) is 8.78 Å². The van der Waals surface area contributed by atoms with Crippen molar-refractivity contribution in [2.45, 2.75) is 119 Å². The Morgan fingerprint density at radius 3 is 1.96 bits per heavy atom. The first-order valence-corrected chi connectivity index (χ1v) is 17.8. The van der Waals surface area contributed by atoms with Crippen LogP contribution < -0.4 is 10.1 Å². The Morgan fingerprint density at radius 1 is 1.02 bits per heavy atom. The van der Waals surface area contributed by atoms with Gasteiger partial charge in [-0.25, -0.2) is 0 Å². The van der Waals surface area contributed by atoms with Gasteiger partial charge in [-0.05, 0) is 95.8 Å². The number of ketones is 1. The second kappa shape index (κ2) is 32.4. The van der Waals surface area contributed by atoms with Gasteiger partial charge in [0.15, 0.2) is 5.78 Å². The Morgan fingerprint density at radius 2 is 1.62 bits per heavy atom. The third kappa shape index (κ3) is 25.9. The molecule has 1 unspecified atom stereocenters. The third-order valence-corrected chi connectivity index (χ3v) is 6.45. The molecule has 0 aromatic heterocycles. The minimum atomic E-state index is -3.31. The van der Waals surface area contributed by atoms with Crippen LogP contribution in [0.1, 0.15) is 113 Å². The number of carbonyl (C=O) groups excluding carboxylic acids is 1. The van der Waals surface area contributed by atoms with Crippen LogP contribution >= 0.6 is 9.24 Å². The lowest BCUT2D eigenvalue weighted by Crippen LogP contribution is -2.14. The number of alkyl halides is 2. The second-order valence-corrected chi connectivity index (χ2v) is 11.2. The number of ether oxygens (including phenoxy) is 1. The summed E-state index contributed by atoms with van der Waals surface area (Å²) in [7, 11) is 3.11. The highest BCUT2D eigenvalue weighted by Crippen LogP contribution is 2.32. The summed E-state index contributed by atoms with van der Waals surface area (Å²) in [6, 6.07) is 6.35. The van der Waals surface area contributed by atoms with Gasteiger partial charge in [0.05, 0.1) is 0 Å². The Hall–Kier alpha value is -3.15. The highest BCUT2D eigenvalue weighted by molar-refractivity contribution is 7.17. The van der Waals surface area contributed by atoms with Crippen LogP contribution in [-0.2, 0) is 4.79 Å². The van der Waals surface area contributed by atoms with Crippen LogP contribution in [0.4, 0.5) is 14.5 Å². The van der Waals surface area contributed by atoms with Crippen molar-refractivity contribution in [3.8, 4) is 5.75 Å². The van der Waals surface area contributed by atoms with Gasteiger partial charge in [-0.3, -0.25) is 9.79 Å². The largest absolute Gasteiger partial charge is 0.430 e. The van der Waals surface area contributed by atoms with Crippen LogP contribution in [0.3, 0.4) is 0 Å². The third-order valence-electron chi connectivity index (χ3n) is 6.34. The highest BCUT2D eigenvalue weighted by Gasteiger charge is 2.23. The number of aliphatic hydroxyl groups is 1. The fourth-order valence-electron chi connectivity index (χ4n) is 3.84. The molecule has 0 saturated heterocycles. The number of hydrogen-bond acceptors (Lipinski definition) is 5. The fourth-order valence-corrected chi connectivity index (χ4v) is 3.97. The molecule has 0 aliphatic carbocycles. The molecule has 1 rings (SSSR count). The Bertz CT molecular complexity index is 1160. The molecular weight excluding hydrogens is 625 g/mol. The molecule has 0 fully saturated rings. The predicted molar refractivity (Wildman–Crippen MR) is 210 cm³/mol. The van der Waals surface area contributed by atoms with E-state index in [1.54, 1.807) is 19.2 Å². The lowest BCUT2D eigenvalue weighted by molar-refractivity contribution is -0.114. The van der Waals surface area contributed by atoms with Gasteiger partial charge < -0.3 is 15.2 Å². The number of anilines is 1. The van der Waals surface area contributed by atoms with E-state index in [2.05, 4.69) is 75.0 Å². The van der Waals surface area contributed by atoms with Crippen LogP contribution in [0, 0.1) is 0 Å². The number of nitrogens with zero attached hydrogens (tertiary/aromatic N) is 1. The zero-order valence-electron chi connectivity index (χ0n) is 31.3. The van der Waals surface area contributed by atoms with E-state index in [9.17, 15) is 13.6 Å². The quantitative estimate of drug-likeness (QED) is 0.0529. The normalized spacial score (nSPS) is 12.1. The van der Waals surface area contributed by atoms with Crippen molar-refractivity contribution in [1.82, 2.24) is 0 Å². The molecule has 272 valence electrons. The maximum absolute atomic E-state index is 13.0. The van der Waals surface area contributed by atoms with Crippen molar-refractivity contribution in [2.24, 2.45) is 4.99 Å². The number of unbranched alkanes of at least 4 members (excludes halogenated alkanes) is 3. The number of nitrogens with one attached hydrogen (secondary N) is 1. The lowest BCUT2D eigenvalue weighted by atomic mass is 9.90. The fraction of sp³-hybridized carbons (Fsp3) is 0.500. The summed E-state index contributed by atoms with van der Waals surface area (Å²) in [5.74, 6) is -3.08. The SMILES string of the molecule is C=C(Nc1ccc(OC(F)(F)P)cc1)C(/C(=C/CC)CC)=C(\C=C/C)C(/C=NC)=C/C.C=CC(=O)CCC.CCCC.CCCCCO.